The van der Waals surface area contributed by atoms with E-state index in [0.717, 1.165) is 10.4 Å². The number of aliphatic hydroxyl groups excluding tert-OH is 1. The van der Waals surface area contributed by atoms with Crippen molar-refractivity contribution in [3.63, 3.8) is 0 Å². The maximum Gasteiger partial charge on any atom is 0.315 e. The van der Waals surface area contributed by atoms with E-state index < -0.39 is 11.9 Å². The molecule has 124 valence electrons. The van der Waals surface area contributed by atoms with Gasteiger partial charge in [-0.15, -0.1) is 11.3 Å². The lowest BCUT2D eigenvalue weighted by Crippen LogP contribution is -2.41. The van der Waals surface area contributed by atoms with Gasteiger partial charge in [-0.05, 0) is 36.1 Å². The lowest BCUT2D eigenvalue weighted by atomic mass is 10.3. The van der Waals surface area contributed by atoms with Crippen LogP contribution in [0.4, 0.5) is 9.18 Å². The monoisotopic (exact) mass is 338 g/mol. The number of benzene rings is 1. The summed E-state index contributed by atoms with van der Waals surface area (Å²) in [4.78, 5) is 12.7. The average molecular weight is 338 g/mol. The summed E-state index contributed by atoms with van der Waals surface area (Å²) < 4.78 is 18.2. The Labute approximate surface area is 138 Å². The number of aliphatic hydroxyl groups is 1. The highest BCUT2D eigenvalue weighted by Crippen LogP contribution is 2.14. The summed E-state index contributed by atoms with van der Waals surface area (Å²) >= 11 is 1.58. The number of rotatable bonds is 7. The van der Waals surface area contributed by atoms with E-state index in [4.69, 9.17) is 4.74 Å². The van der Waals surface area contributed by atoms with Crippen LogP contribution in [0.1, 0.15) is 10.4 Å². The van der Waals surface area contributed by atoms with E-state index in [9.17, 15) is 14.3 Å². The van der Waals surface area contributed by atoms with Crippen LogP contribution in [0.15, 0.2) is 35.7 Å². The lowest BCUT2D eigenvalue weighted by Gasteiger charge is -2.13. The van der Waals surface area contributed by atoms with Crippen molar-refractivity contribution in [3.8, 4) is 5.75 Å². The van der Waals surface area contributed by atoms with Crippen molar-refractivity contribution < 1.29 is 19.0 Å². The van der Waals surface area contributed by atoms with Gasteiger partial charge in [0.2, 0.25) is 0 Å². The third-order valence-electron chi connectivity index (χ3n) is 3.11. The molecule has 5 nitrogen and oxygen atoms in total. The number of carbonyl (C=O) groups is 1. The number of amides is 2. The van der Waals surface area contributed by atoms with Gasteiger partial charge in [0.25, 0.3) is 0 Å². The molecule has 0 radical (unpaired) electrons. The predicted molar refractivity (Wildman–Crippen MR) is 87.2 cm³/mol. The van der Waals surface area contributed by atoms with E-state index in [-0.39, 0.29) is 19.2 Å². The first-order valence-electron chi connectivity index (χ1n) is 7.15. The molecule has 2 aromatic rings. The van der Waals surface area contributed by atoms with E-state index in [0.29, 0.717) is 12.3 Å². The number of carbonyl (C=O) groups excluding carboxylic acids is 1. The number of ether oxygens (including phenoxy) is 1. The molecule has 1 heterocycles. The van der Waals surface area contributed by atoms with Gasteiger partial charge >= 0.3 is 6.03 Å². The van der Waals surface area contributed by atoms with Crippen molar-refractivity contribution >= 4 is 17.4 Å². The van der Waals surface area contributed by atoms with E-state index in [2.05, 4.69) is 10.6 Å². The summed E-state index contributed by atoms with van der Waals surface area (Å²) in [5.41, 5.74) is 1.14. The summed E-state index contributed by atoms with van der Waals surface area (Å²) in [6, 6.07) is 7.30. The molecule has 3 N–H and O–H groups in total. The highest BCUT2D eigenvalue weighted by molar-refractivity contribution is 7.10. The van der Waals surface area contributed by atoms with Crippen LogP contribution in [0.25, 0.3) is 0 Å². The molecule has 1 aromatic heterocycles. The standard InChI is InChI=1S/C16H19FN2O3S/c1-11-5-6-23-15(11)9-19-16(21)18-8-13(20)10-22-14-4-2-3-12(17)7-14/h2-7,13,20H,8-10H2,1H3,(H2,18,19,21). The molecule has 1 atom stereocenters. The maximum absolute atomic E-state index is 13.0. The van der Waals surface area contributed by atoms with Crippen LogP contribution in [0.3, 0.4) is 0 Å². The van der Waals surface area contributed by atoms with Crippen molar-refractivity contribution in [3.05, 3.63) is 52.0 Å². The SMILES string of the molecule is Cc1ccsc1CNC(=O)NCC(O)COc1cccc(F)c1. The molecule has 0 saturated heterocycles. The third kappa shape index (κ3) is 5.88. The van der Waals surface area contributed by atoms with Gasteiger partial charge in [-0.25, -0.2) is 9.18 Å². The van der Waals surface area contributed by atoms with Gasteiger partial charge in [0.05, 0.1) is 6.54 Å². The molecule has 0 saturated carbocycles. The predicted octanol–water partition coefficient (Wildman–Crippen LogP) is 2.43. The smallest absolute Gasteiger partial charge is 0.315 e. The molecule has 0 fully saturated rings. The van der Waals surface area contributed by atoms with Gasteiger partial charge in [0.15, 0.2) is 0 Å². The second kappa shape index (κ2) is 8.50. The summed E-state index contributed by atoms with van der Waals surface area (Å²) in [6.45, 7) is 2.45. The largest absolute Gasteiger partial charge is 0.491 e. The third-order valence-corrected chi connectivity index (χ3v) is 4.14. The minimum atomic E-state index is -0.882. The first kappa shape index (κ1) is 17.2. The van der Waals surface area contributed by atoms with Crippen LogP contribution in [-0.4, -0.2) is 30.4 Å². The number of halogens is 1. The zero-order valence-electron chi connectivity index (χ0n) is 12.7. The highest BCUT2D eigenvalue weighted by atomic mass is 32.1. The van der Waals surface area contributed by atoms with Gasteiger partial charge in [-0.1, -0.05) is 6.07 Å². The lowest BCUT2D eigenvalue weighted by molar-refractivity contribution is 0.107. The quantitative estimate of drug-likeness (QED) is 0.726. The number of thiophene rings is 1. The fourth-order valence-corrected chi connectivity index (χ4v) is 2.67. The Morgan fingerprint density at radius 1 is 1.39 bits per heavy atom. The molecule has 2 amide bonds. The number of hydrogen-bond acceptors (Lipinski definition) is 4. The van der Waals surface area contributed by atoms with Gasteiger partial charge < -0.3 is 20.5 Å². The Hall–Kier alpha value is -2.12. The molecule has 2 rings (SSSR count). The first-order chi connectivity index (χ1) is 11.0. The fraction of sp³-hybridized carbons (Fsp3) is 0.312. The summed E-state index contributed by atoms with van der Waals surface area (Å²) in [5.74, 6) is -0.0694. The van der Waals surface area contributed by atoms with Gasteiger partial charge in [-0.3, -0.25) is 0 Å². The molecule has 1 aromatic carbocycles. The normalized spacial score (nSPS) is 11.8. The van der Waals surface area contributed by atoms with E-state index in [1.165, 1.54) is 18.2 Å². The second-order valence-electron chi connectivity index (χ2n) is 5.01. The molecule has 0 aliphatic rings. The Morgan fingerprint density at radius 3 is 2.91 bits per heavy atom. The topological polar surface area (TPSA) is 70.6 Å². The Bertz CT molecular complexity index is 648. The Morgan fingerprint density at radius 2 is 2.22 bits per heavy atom. The van der Waals surface area contributed by atoms with E-state index in [1.807, 2.05) is 18.4 Å². The van der Waals surface area contributed by atoms with E-state index >= 15 is 0 Å². The molecule has 0 bridgehead atoms. The molecule has 0 aliphatic heterocycles. The molecular formula is C16H19FN2O3S. The molecule has 1 unspecified atom stereocenters. The average Bonchev–Trinajstić information content (AvgIpc) is 2.94. The van der Waals surface area contributed by atoms with E-state index in [1.54, 1.807) is 17.4 Å². The van der Waals surface area contributed by atoms with Crippen LogP contribution >= 0.6 is 11.3 Å². The molecule has 0 aliphatic carbocycles. The minimum absolute atomic E-state index is 0.0340. The first-order valence-corrected chi connectivity index (χ1v) is 8.03. The van der Waals surface area contributed by atoms with Crippen LogP contribution in [0.2, 0.25) is 0 Å². The zero-order valence-corrected chi connectivity index (χ0v) is 13.5. The van der Waals surface area contributed by atoms with Gasteiger partial charge in [0.1, 0.15) is 24.3 Å². The molecular weight excluding hydrogens is 319 g/mol. The van der Waals surface area contributed by atoms with Gasteiger partial charge in [0, 0.05) is 17.5 Å². The van der Waals surface area contributed by atoms with Crippen LogP contribution in [0, 0.1) is 12.7 Å². The summed E-state index contributed by atoms with van der Waals surface area (Å²) in [5, 5.41) is 17.0. The van der Waals surface area contributed by atoms with Gasteiger partial charge in [-0.2, -0.15) is 0 Å². The molecule has 7 heteroatoms. The maximum atomic E-state index is 13.0. The fourth-order valence-electron chi connectivity index (χ4n) is 1.83. The van der Waals surface area contributed by atoms with Crippen LogP contribution < -0.4 is 15.4 Å². The summed E-state index contributed by atoms with van der Waals surface area (Å²) in [6.07, 6.45) is -0.882. The van der Waals surface area contributed by atoms with Crippen molar-refractivity contribution in [2.75, 3.05) is 13.2 Å². The van der Waals surface area contributed by atoms with Crippen molar-refractivity contribution in [1.29, 1.82) is 0 Å². The number of aryl methyl sites for hydroxylation is 1. The second-order valence-corrected chi connectivity index (χ2v) is 6.01. The zero-order chi connectivity index (χ0) is 16.7. The minimum Gasteiger partial charge on any atom is -0.491 e. The highest BCUT2D eigenvalue weighted by Gasteiger charge is 2.09. The molecule has 23 heavy (non-hydrogen) atoms. The molecule has 0 spiro atoms. The Balaban J connectivity index is 1.64. The van der Waals surface area contributed by atoms with Crippen LogP contribution in [0.5, 0.6) is 5.75 Å². The number of hydrogen-bond donors (Lipinski definition) is 3. The number of nitrogens with one attached hydrogen (secondary N) is 2. The summed E-state index contributed by atoms with van der Waals surface area (Å²) in [7, 11) is 0. The van der Waals surface area contributed by atoms with Crippen LogP contribution in [-0.2, 0) is 6.54 Å². The Kier molecular flexibility index (Phi) is 6.37. The van der Waals surface area contributed by atoms with Crippen molar-refractivity contribution in [2.45, 2.75) is 19.6 Å². The van der Waals surface area contributed by atoms with Crippen molar-refractivity contribution in [2.24, 2.45) is 0 Å². The van der Waals surface area contributed by atoms with Crippen molar-refractivity contribution in [1.82, 2.24) is 10.6 Å². The number of urea groups is 1.